The molecule has 74 valence electrons. The number of ether oxygens (including phenoxy) is 1. The minimum absolute atomic E-state index is 0.389. The summed E-state index contributed by atoms with van der Waals surface area (Å²) in [6.45, 7) is 4.69. The lowest BCUT2D eigenvalue weighted by atomic mass is 10.2. The minimum Gasteiger partial charge on any atom is -0.457 e. The topological polar surface area (TPSA) is 66.8 Å². The van der Waals surface area contributed by atoms with E-state index in [2.05, 4.69) is 11.8 Å². The maximum Gasteiger partial charge on any atom is 0.348 e. The second-order valence-corrected chi connectivity index (χ2v) is 3.42. The Hall–Kier alpha value is -1.05. The lowest BCUT2D eigenvalue weighted by molar-refractivity contribution is -0.161. The van der Waals surface area contributed by atoms with Gasteiger partial charge < -0.3 is 14.9 Å². The van der Waals surface area contributed by atoms with Gasteiger partial charge in [0.25, 0.3) is 0 Å². The van der Waals surface area contributed by atoms with Crippen LogP contribution >= 0.6 is 0 Å². The molecule has 4 heteroatoms. The van der Waals surface area contributed by atoms with E-state index in [9.17, 15) is 4.79 Å². The van der Waals surface area contributed by atoms with Gasteiger partial charge in [0.1, 0.15) is 12.2 Å². The van der Waals surface area contributed by atoms with E-state index in [0.717, 1.165) is 0 Å². The van der Waals surface area contributed by atoms with Gasteiger partial charge in [-0.3, -0.25) is 0 Å². The molecule has 0 radical (unpaired) electrons. The zero-order valence-corrected chi connectivity index (χ0v) is 8.00. The standard InChI is InChI=1S/C9H14O4/c1-9(2,3)13-8(12)7(11)5-4-6-10/h7,10-11H,6H2,1-3H3. The Balaban J connectivity index is 4.12. The summed E-state index contributed by atoms with van der Waals surface area (Å²) in [6, 6.07) is 0. The summed E-state index contributed by atoms with van der Waals surface area (Å²) in [7, 11) is 0. The van der Waals surface area contributed by atoms with Gasteiger partial charge in [0.2, 0.25) is 6.10 Å². The summed E-state index contributed by atoms with van der Waals surface area (Å²) in [5.74, 6) is 3.51. The minimum atomic E-state index is -1.48. The van der Waals surface area contributed by atoms with Crippen LogP contribution in [0.3, 0.4) is 0 Å². The van der Waals surface area contributed by atoms with Crippen molar-refractivity contribution in [1.82, 2.24) is 0 Å². The number of hydrogen-bond acceptors (Lipinski definition) is 4. The molecule has 0 aromatic rings. The molecule has 0 saturated heterocycles. The van der Waals surface area contributed by atoms with Gasteiger partial charge in [0, 0.05) is 0 Å². The van der Waals surface area contributed by atoms with Crippen LogP contribution in [0, 0.1) is 11.8 Å². The van der Waals surface area contributed by atoms with Crippen LogP contribution < -0.4 is 0 Å². The van der Waals surface area contributed by atoms with Crippen molar-refractivity contribution in [3.8, 4) is 11.8 Å². The predicted molar refractivity (Wildman–Crippen MR) is 46.7 cm³/mol. The zero-order chi connectivity index (χ0) is 10.5. The van der Waals surface area contributed by atoms with E-state index in [0.29, 0.717) is 0 Å². The third kappa shape index (κ3) is 6.14. The molecule has 0 amide bonds. The molecule has 1 atom stereocenters. The fourth-order valence-electron chi connectivity index (χ4n) is 0.559. The molecule has 0 aromatic carbocycles. The monoisotopic (exact) mass is 186 g/mol. The molecule has 0 aromatic heterocycles. The molecule has 0 rings (SSSR count). The van der Waals surface area contributed by atoms with Gasteiger partial charge in [-0.1, -0.05) is 11.8 Å². The molecule has 2 N–H and O–H groups in total. The van der Waals surface area contributed by atoms with Crippen molar-refractivity contribution < 1.29 is 19.7 Å². The van der Waals surface area contributed by atoms with Gasteiger partial charge in [-0.25, -0.2) is 4.79 Å². The molecule has 4 nitrogen and oxygen atoms in total. The molecule has 0 heterocycles. The Morgan fingerprint density at radius 3 is 2.46 bits per heavy atom. The van der Waals surface area contributed by atoms with Crippen molar-refractivity contribution in [3.63, 3.8) is 0 Å². The molecule has 0 aliphatic rings. The van der Waals surface area contributed by atoms with Crippen molar-refractivity contribution in [2.75, 3.05) is 6.61 Å². The average molecular weight is 186 g/mol. The van der Waals surface area contributed by atoms with Gasteiger partial charge >= 0.3 is 5.97 Å². The summed E-state index contributed by atoms with van der Waals surface area (Å²) in [5.41, 5.74) is -0.640. The number of aliphatic hydroxyl groups excluding tert-OH is 2. The van der Waals surface area contributed by atoms with Gasteiger partial charge in [0.05, 0.1) is 0 Å². The van der Waals surface area contributed by atoms with E-state index in [-0.39, 0.29) is 6.61 Å². The first-order valence-corrected chi connectivity index (χ1v) is 3.87. The van der Waals surface area contributed by atoms with Gasteiger partial charge in [0.15, 0.2) is 0 Å². The first-order chi connectivity index (χ1) is 5.87. The maximum atomic E-state index is 11.0. The normalized spacial score (nSPS) is 12.7. The number of rotatable bonds is 1. The number of aliphatic hydroxyl groups is 2. The highest BCUT2D eigenvalue weighted by molar-refractivity contribution is 5.78. The predicted octanol–water partition coefficient (Wildman–Crippen LogP) is -0.315. The van der Waals surface area contributed by atoms with E-state index in [1.54, 1.807) is 20.8 Å². The first-order valence-electron chi connectivity index (χ1n) is 3.87. The third-order valence-corrected chi connectivity index (χ3v) is 0.948. The summed E-state index contributed by atoms with van der Waals surface area (Å²) >= 11 is 0. The van der Waals surface area contributed by atoms with Crippen LogP contribution in [0.5, 0.6) is 0 Å². The van der Waals surface area contributed by atoms with Crippen LogP contribution in [0.25, 0.3) is 0 Å². The molecule has 13 heavy (non-hydrogen) atoms. The van der Waals surface area contributed by atoms with Crippen molar-refractivity contribution >= 4 is 5.97 Å². The highest BCUT2D eigenvalue weighted by Crippen LogP contribution is 2.07. The highest BCUT2D eigenvalue weighted by atomic mass is 16.6. The van der Waals surface area contributed by atoms with E-state index in [1.807, 2.05) is 0 Å². The Labute approximate surface area is 77.5 Å². The molecular weight excluding hydrogens is 172 g/mol. The summed E-state index contributed by atoms with van der Waals surface area (Å²) in [6.07, 6.45) is -1.48. The highest BCUT2D eigenvalue weighted by Gasteiger charge is 2.21. The molecule has 0 fully saturated rings. The summed E-state index contributed by atoms with van der Waals surface area (Å²) < 4.78 is 4.82. The van der Waals surface area contributed by atoms with Crippen molar-refractivity contribution in [2.45, 2.75) is 32.5 Å². The van der Waals surface area contributed by atoms with Crippen LogP contribution in [0.4, 0.5) is 0 Å². The SMILES string of the molecule is CC(C)(C)OC(=O)C(O)C#CCO. The summed E-state index contributed by atoms with van der Waals surface area (Å²) in [4.78, 5) is 11.0. The fourth-order valence-corrected chi connectivity index (χ4v) is 0.559. The lowest BCUT2D eigenvalue weighted by Gasteiger charge is -2.19. The van der Waals surface area contributed by atoms with E-state index < -0.39 is 17.7 Å². The molecule has 1 unspecified atom stereocenters. The smallest absolute Gasteiger partial charge is 0.348 e. The fraction of sp³-hybridized carbons (Fsp3) is 0.667. The largest absolute Gasteiger partial charge is 0.457 e. The van der Waals surface area contributed by atoms with Crippen LogP contribution in [0.15, 0.2) is 0 Å². The van der Waals surface area contributed by atoms with Crippen molar-refractivity contribution in [2.24, 2.45) is 0 Å². The van der Waals surface area contributed by atoms with Crippen molar-refractivity contribution in [3.05, 3.63) is 0 Å². The van der Waals surface area contributed by atoms with E-state index in [1.165, 1.54) is 0 Å². The van der Waals surface area contributed by atoms with Crippen LogP contribution in [-0.2, 0) is 9.53 Å². The van der Waals surface area contributed by atoms with Gasteiger partial charge in [-0.15, -0.1) is 0 Å². The molecule has 0 aliphatic carbocycles. The molecule has 0 saturated carbocycles. The number of carbonyl (C=O) groups is 1. The average Bonchev–Trinajstić information content (AvgIpc) is 1.96. The maximum absolute atomic E-state index is 11.0. The van der Waals surface area contributed by atoms with Gasteiger partial charge in [-0.05, 0) is 20.8 Å². The van der Waals surface area contributed by atoms with Gasteiger partial charge in [-0.2, -0.15) is 0 Å². The molecular formula is C9H14O4. The van der Waals surface area contributed by atoms with Crippen LogP contribution in [0.1, 0.15) is 20.8 Å². The number of hydrogen-bond donors (Lipinski definition) is 2. The van der Waals surface area contributed by atoms with E-state index in [4.69, 9.17) is 14.9 Å². The first kappa shape index (κ1) is 11.9. The second-order valence-electron chi connectivity index (χ2n) is 3.42. The Kier molecular flexibility index (Phi) is 4.46. The van der Waals surface area contributed by atoms with E-state index >= 15 is 0 Å². The van der Waals surface area contributed by atoms with Crippen LogP contribution in [0.2, 0.25) is 0 Å². The Bertz CT molecular complexity index is 228. The molecule has 0 spiro atoms. The third-order valence-electron chi connectivity index (χ3n) is 0.948. The number of esters is 1. The lowest BCUT2D eigenvalue weighted by Crippen LogP contribution is -2.30. The quantitative estimate of drug-likeness (QED) is 0.435. The van der Waals surface area contributed by atoms with Crippen molar-refractivity contribution in [1.29, 1.82) is 0 Å². The molecule has 0 bridgehead atoms. The molecule has 0 aliphatic heterocycles. The summed E-state index contributed by atoms with van der Waals surface area (Å²) in [5, 5.41) is 17.3. The van der Waals surface area contributed by atoms with Crippen LogP contribution in [-0.4, -0.2) is 34.5 Å². The Morgan fingerprint density at radius 1 is 1.54 bits per heavy atom. The second kappa shape index (κ2) is 4.85. The Morgan fingerprint density at radius 2 is 2.08 bits per heavy atom. The number of carbonyl (C=O) groups excluding carboxylic acids is 1. The zero-order valence-electron chi connectivity index (χ0n) is 8.00.